The van der Waals surface area contributed by atoms with E-state index >= 15 is 0 Å². The lowest BCUT2D eigenvalue weighted by Crippen LogP contribution is -2.43. The van der Waals surface area contributed by atoms with Crippen LogP contribution in [-0.2, 0) is 6.42 Å². The second-order valence-corrected chi connectivity index (χ2v) is 11.3. The van der Waals surface area contributed by atoms with Gasteiger partial charge in [0.2, 0.25) is 8.32 Å². The molecule has 18 heavy (non-hydrogen) atoms. The van der Waals surface area contributed by atoms with E-state index in [1.165, 1.54) is 0 Å². The first kappa shape index (κ1) is 15.3. The van der Waals surface area contributed by atoms with Crippen LogP contribution in [0.2, 0.25) is 18.1 Å². The highest BCUT2D eigenvalue weighted by atomic mass is 28.4. The van der Waals surface area contributed by atoms with Gasteiger partial charge in [-0.1, -0.05) is 32.9 Å². The van der Waals surface area contributed by atoms with Crippen molar-refractivity contribution in [1.29, 1.82) is 0 Å². The minimum absolute atomic E-state index is 0.214. The van der Waals surface area contributed by atoms with Crippen molar-refractivity contribution in [2.75, 3.05) is 0 Å². The molecule has 0 radical (unpaired) electrons. The van der Waals surface area contributed by atoms with E-state index in [0.29, 0.717) is 6.42 Å². The van der Waals surface area contributed by atoms with Crippen LogP contribution in [0.3, 0.4) is 0 Å². The lowest BCUT2D eigenvalue weighted by Gasteiger charge is -2.36. The van der Waals surface area contributed by atoms with Crippen molar-refractivity contribution < 1.29 is 9.53 Å². The molecule has 3 heteroatoms. The maximum Gasteiger partial charge on any atom is 0.250 e. The predicted octanol–water partition coefficient (Wildman–Crippen LogP) is 3.99. The summed E-state index contributed by atoms with van der Waals surface area (Å²) < 4.78 is 6.20. The zero-order valence-electron chi connectivity index (χ0n) is 12.4. The third-order valence-corrected chi connectivity index (χ3v) is 7.99. The zero-order valence-corrected chi connectivity index (χ0v) is 13.4. The number of aliphatic hydroxyl groups excluding tert-OH is 1. The van der Waals surface area contributed by atoms with E-state index in [-0.39, 0.29) is 11.1 Å². The molecule has 2 nitrogen and oxygen atoms in total. The monoisotopic (exact) mass is 266 g/mol. The average Bonchev–Trinajstić information content (AvgIpc) is 2.18. The van der Waals surface area contributed by atoms with Crippen molar-refractivity contribution in [1.82, 2.24) is 0 Å². The summed E-state index contributed by atoms with van der Waals surface area (Å²) in [6.07, 6.45) is 0.401. The van der Waals surface area contributed by atoms with E-state index < -0.39 is 8.32 Å². The molecule has 0 aromatic heterocycles. The summed E-state index contributed by atoms with van der Waals surface area (Å²) in [5.74, 6) is 0.941. The molecular weight excluding hydrogens is 240 g/mol. The predicted molar refractivity (Wildman–Crippen MR) is 79.7 cm³/mol. The Labute approximate surface area is 112 Å². The average molecular weight is 266 g/mol. The van der Waals surface area contributed by atoms with Crippen LogP contribution in [0.4, 0.5) is 0 Å². The van der Waals surface area contributed by atoms with Crippen molar-refractivity contribution in [3.8, 4) is 5.75 Å². The quantitative estimate of drug-likeness (QED) is 0.835. The van der Waals surface area contributed by atoms with E-state index in [4.69, 9.17) is 4.43 Å². The third-order valence-electron chi connectivity index (χ3n) is 3.63. The first-order valence-electron chi connectivity index (χ1n) is 6.58. The smallest absolute Gasteiger partial charge is 0.250 e. The normalized spacial score (nSPS) is 14.4. The maximum atomic E-state index is 9.34. The van der Waals surface area contributed by atoms with E-state index in [0.717, 1.165) is 11.3 Å². The highest BCUT2D eigenvalue weighted by Gasteiger charge is 2.38. The molecular formula is C15H26O2Si. The van der Waals surface area contributed by atoms with Gasteiger partial charge in [-0.3, -0.25) is 0 Å². The fourth-order valence-corrected chi connectivity index (χ4v) is 2.51. The molecule has 1 atom stereocenters. The highest BCUT2D eigenvalue weighted by Crippen LogP contribution is 2.37. The first-order chi connectivity index (χ1) is 8.12. The molecule has 0 aliphatic rings. The Balaban J connectivity index is 2.75. The molecule has 1 aromatic carbocycles. The second-order valence-electron chi connectivity index (χ2n) is 6.56. The second kappa shape index (κ2) is 5.45. The molecule has 0 fully saturated rings. The van der Waals surface area contributed by atoms with Crippen LogP contribution in [0.15, 0.2) is 24.3 Å². The van der Waals surface area contributed by atoms with Crippen molar-refractivity contribution in [3.63, 3.8) is 0 Å². The molecule has 0 aliphatic carbocycles. The van der Waals surface area contributed by atoms with Gasteiger partial charge in [-0.2, -0.15) is 0 Å². The molecule has 102 valence electrons. The summed E-state index contributed by atoms with van der Waals surface area (Å²) in [6.45, 7) is 13.0. The summed E-state index contributed by atoms with van der Waals surface area (Å²) in [6, 6.07) is 8.10. The molecule has 0 saturated carbocycles. The van der Waals surface area contributed by atoms with Gasteiger partial charge in [0.25, 0.3) is 0 Å². The van der Waals surface area contributed by atoms with Crippen LogP contribution in [0.25, 0.3) is 0 Å². The molecule has 0 saturated heterocycles. The lowest BCUT2D eigenvalue weighted by molar-refractivity contribution is 0.195. The first-order valence-corrected chi connectivity index (χ1v) is 9.49. The van der Waals surface area contributed by atoms with Gasteiger partial charge in [0.15, 0.2) is 0 Å². The van der Waals surface area contributed by atoms with Gasteiger partial charge in [0.05, 0.1) is 6.10 Å². The van der Waals surface area contributed by atoms with Gasteiger partial charge in [-0.15, -0.1) is 0 Å². The van der Waals surface area contributed by atoms with Gasteiger partial charge in [0, 0.05) is 0 Å². The SMILES string of the molecule is C[C@@H](O)Cc1ccc(O[Si](C)(C)C(C)(C)C)cc1. The Hall–Kier alpha value is -0.803. The fraction of sp³-hybridized carbons (Fsp3) is 0.600. The Morgan fingerprint density at radius 1 is 1.17 bits per heavy atom. The molecule has 0 aliphatic heterocycles. The van der Waals surface area contributed by atoms with Crippen LogP contribution in [0.5, 0.6) is 5.75 Å². The van der Waals surface area contributed by atoms with Crippen LogP contribution < -0.4 is 4.43 Å². The number of hydrogen-bond donors (Lipinski definition) is 1. The molecule has 1 N–H and O–H groups in total. The molecule has 0 heterocycles. The van der Waals surface area contributed by atoms with Crippen LogP contribution >= 0.6 is 0 Å². The Bertz CT molecular complexity index is 374. The van der Waals surface area contributed by atoms with Crippen LogP contribution in [0.1, 0.15) is 33.3 Å². The van der Waals surface area contributed by atoms with E-state index in [1.807, 2.05) is 24.3 Å². The number of hydrogen-bond acceptors (Lipinski definition) is 2. The summed E-state index contributed by atoms with van der Waals surface area (Å²) in [4.78, 5) is 0. The molecule has 0 spiro atoms. The summed E-state index contributed by atoms with van der Waals surface area (Å²) in [5.41, 5.74) is 1.15. The van der Waals surface area contributed by atoms with Crippen molar-refractivity contribution in [2.45, 2.75) is 58.4 Å². The van der Waals surface area contributed by atoms with Crippen LogP contribution in [0, 0.1) is 0 Å². The fourth-order valence-electron chi connectivity index (χ4n) is 1.48. The molecule has 1 rings (SSSR count). The molecule has 1 aromatic rings. The van der Waals surface area contributed by atoms with Gasteiger partial charge in [-0.25, -0.2) is 0 Å². The van der Waals surface area contributed by atoms with Gasteiger partial charge >= 0.3 is 0 Å². The van der Waals surface area contributed by atoms with Crippen molar-refractivity contribution >= 4 is 8.32 Å². The Morgan fingerprint density at radius 3 is 2.06 bits per heavy atom. The minimum atomic E-state index is -1.74. The van der Waals surface area contributed by atoms with Gasteiger partial charge < -0.3 is 9.53 Å². The molecule has 0 amide bonds. The Morgan fingerprint density at radius 2 is 1.67 bits per heavy atom. The lowest BCUT2D eigenvalue weighted by atomic mass is 10.1. The summed E-state index contributed by atoms with van der Waals surface area (Å²) >= 11 is 0. The number of benzene rings is 1. The van der Waals surface area contributed by atoms with Gasteiger partial charge in [-0.05, 0) is 49.2 Å². The number of aliphatic hydroxyl groups is 1. The number of rotatable bonds is 4. The van der Waals surface area contributed by atoms with E-state index in [2.05, 4.69) is 33.9 Å². The molecule has 0 bridgehead atoms. The summed E-state index contributed by atoms with van der Waals surface area (Å²) in [7, 11) is -1.74. The topological polar surface area (TPSA) is 29.5 Å². The van der Waals surface area contributed by atoms with E-state index in [9.17, 15) is 5.11 Å². The third kappa shape index (κ3) is 4.14. The zero-order chi connectivity index (χ0) is 14.0. The standard InChI is InChI=1S/C15H26O2Si/c1-12(16)11-13-7-9-14(10-8-13)17-18(5,6)15(2,3)4/h7-10,12,16H,11H2,1-6H3/t12-/m1/s1. The van der Waals surface area contributed by atoms with Crippen molar-refractivity contribution in [2.24, 2.45) is 0 Å². The maximum absolute atomic E-state index is 9.34. The van der Waals surface area contributed by atoms with Crippen molar-refractivity contribution in [3.05, 3.63) is 29.8 Å². The van der Waals surface area contributed by atoms with E-state index in [1.54, 1.807) is 6.92 Å². The highest BCUT2D eigenvalue weighted by molar-refractivity contribution is 6.74. The van der Waals surface area contributed by atoms with Crippen LogP contribution in [-0.4, -0.2) is 19.5 Å². The summed E-state index contributed by atoms with van der Waals surface area (Å²) in [5, 5.41) is 9.56. The molecule has 0 unspecified atom stereocenters. The largest absolute Gasteiger partial charge is 0.544 e. The van der Waals surface area contributed by atoms with Gasteiger partial charge in [0.1, 0.15) is 5.75 Å². The minimum Gasteiger partial charge on any atom is -0.544 e. The Kier molecular flexibility index (Phi) is 4.62.